The highest BCUT2D eigenvalue weighted by atomic mass is 19.4. The van der Waals surface area contributed by atoms with Crippen LogP contribution in [-0.2, 0) is 15.7 Å². The fraction of sp³-hybridized carbons (Fsp3) is 0.375. The predicted octanol–water partition coefficient (Wildman–Crippen LogP) is 1.73. The molecule has 0 N–H and O–H groups in total. The van der Waals surface area contributed by atoms with Crippen molar-refractivity contribution >= 4 is 6.47 Å². The van der Waals surface area contributed by atoms with Crippen molar-refractivity contribution in [2.75, 3.05) is 0 Å². The molecule has 1 rings (SSSR count). The first kappa shape index (κ1) is 11.4. The summed E-state index contributed by atoms with van der Waals surface area (Å²) in [5.41, 5.74) is -1.54. The fourth-order valence-corrected chi connectivity index (χ4v) is 1.01. The normalized spacial score (nSPS) is 13.3. The van der Waals surface area contributed by atoms with Crippen LogP contribution in [0.15, 0.2) is 12.4 Å². The van der Waals surface area contributed by atoms with Crippen LogP contribution in [0.25, 0.3) is 0 Å². The lowest BCUT2D eigenvalue weighted by atomic mass is 10.2. The summed E-state index contributed by atoms with van der Waals surface area (Å²) >= 11 is 0. The lowest BCUT2D eigenvalue weighted by Crippen LogP contribution is -2.16. The zero-order valence-corrected chi connectivity index (χ0v) is 7.65. The van der Waals surface area contributed by atoms with E-state index in [-0.39, 0.29) is 6.47 Å². The van der Waals surface area contributed by atoms with Gasteiger partial charge in [0.25, 0.3) is 6.47 Å². The van der Waals surface area contributed by atoms with Gasteiger partial charge in [-0.15, -0.1) is 0 Å². The highest BCUT2D eigenvalue weighted by molar-refractivity contribution is 5.38. The first-order valence-corrected chi connectivity index (χ1v) is 3.94. The van der Waals surface area contributed by atoms with Crippen LogP contribution in [0, 0.1) is 0 Å². The largest absolute Gasteiger partial charge is 0.458 e. The van der Waals surface area contributed by atoms with Crippen LogP contribution in [0.2, 0.25) is 0 Å². The molecule has 0 aliphatic heterocycles. The van der Waals surface area contributed by atoms with Crippen LogP contribution in [0.1, 0.15) is 24.4 Å². The number of hydrogen-bond acceptors (Lipinski definition) is 4. The van der Waals surface area contributed by atoms with Crippen molar-refractivity contribution in [3.8, 4) is 0 Å². The minimum Gasteiger partial charge on any atom is -0.458 e. The zero-order valence-electron chi connectivity index (χ0n) is 7.65. The summed E-state index contributed by atoms with van der Waals surface area (Å²) in [6.45, 7) is 1.35. The van der Waals surface area contributed by atoms with Gasteiger partial charge in [-0.3, -0.25) is 9.78 Å². The number of halogens is 3. The number of rotatable bonds is 3. The molecule has 7 heteroatoms. The van der Waals surface area contributed by atoms with Gasteiger partial charge in [-0.2, -0.15) is 13.2 Å². The van der Waals surface area contributed by atoms with Crippen molar-refractivity contribution in [1.29, 1.82) is 0 Å². The molecule has 0 amide bonds. The van der Waals surface area contributed by atoms with E-state index in [4.69, 9.17) is 0 Å². The predicted molar refractivity (Wildman–Crippen MR) is 42.6 cm³/mol. The first-order valence-electron chi connectivity index (χ1n) is 3.94. The monoisotopic (exact) mass is 220 g/mol. The van der Waals surface area contributed by atoms with Gasteiger partial charge in [0.05, 0.1) is 0 Å². The van der Waals surface area contributed by atoms with Gasteiger partial charge in [0.1, 0.15) is 11.8 Å². The highest BCUT2D eigenvalue weighted by Crippen LogP contribution is 2.32. The Labute approximate surface area is 83.1 Å². The molecule has 0 saturated heterocycles. The molecule has 0 aliphatic rings. The van der Waals surface area contributed by atoms with Crippen LogP contribution in [0.3, 0.4) is 0 Å². The van der Waals surface area contributed by atoms with Gasteiger partial charge in [0, 0.05) is 12.4 Å². The van der Waals surface area contributed by atoms with Crippen molar-refractivity contribution in [3.05, 3.63) is 23.8 Å². The number of nitrogens with zero attached hydrogens (tertiary/aromatic N) is 2. The number of carbonyl (C=O) groups excluding carboxylic acids is 1. The molecule has 4 nitrogen and oxygen atoms in total. The Hall–Kier alpha value is -1.66. The lowest BCUT2D eigenvalue weighted by molar-refractivity contribution is -0.145. The second-order valence-electron chi connectivity index (χ2n) is 2.66. The Morgan fingerprint density at radius 2 is 2.00 bits per heavy atom. The van der Waals surface area contributed by atoms with Crippen molar-refractivity contribution in [1.82, 2.24) is 9.97 Å². The number of aromatic nitrogens is 2. The SMILES string of the molecule is CC(OC=O)c1nccnc1C(F)(F)F. The molecule has 0 spiro atoms. The molecule has 15 heavy (non-hydrogen) atoms. The van der Waals surface area contributed by atoms with Crippen LogP contribution >= 0.6 is 0 Å². The van der Waals surface area contributed by atoms with Gasteiger partial charge in [-0.05, 0) is 6.92 Å². The zero-order chi connectivity index (χ0) is 11.5. The molecule has 0 aliphatic carbocycles. The van der Waals surface area contributed by atoms with E-state index in [0.29, 0.717) is 0 Å². The second-order valence-corrected chi connectivity index (χ2v) is 2.66. The molecule has 0 bridgehead atoms. The van der Waals surface area contributed by atoms with Crippen molar-refractivity contribution in [3.63, 3.8) is 0 Å². The number of ether oxygens (including phenoxy) is 1. The average Bonchev–Trinajstić information content (AvgIpc) is 2.17. The molecule has 0 aromatic carbocycles. The summed E-state index contributed by atoms with van der Waals surface area (Å²) in [6, 6.07) is 0. The maximum atomic E-state index is 12.4. The third-order valence-corrected chi connectivity index (χ3v) is 1.64. The molecule has 0 saturated carbocycles. The summed E-state index contributed by atoms with van der Waals surface area (Å²) in [4.78, 5) is 16.7. The van der Waals surface area contributed by atoms with Crippen molar-refractivity contribution in [2.24, 2.45) is 0 Å². The molecular formula is C8H7F3N2O2. The summed E-state index contributed by atoms with van der Waals surface area (Å²) in [6.07, 6.45) is -3.65. The third-order valence-electron chi connectivity index (χ3n) is 1.64. The maximum Gasteiger partial charge on any atom is 0.435 e. The molecule has 1 heterocycles. The van der Waals surface area contributed by atoms with E-state index in [0.717, 1.165) is 12.4 Å². The van der Waals surface area contributed by atoms with Gasteiger partial charge in [0.15, 0.2) is 5.69 Å². The Morgan fingerprint density at radius 1 is 1.40 bits per heavy atom. The van der Waals surface area contributed by atoms with Gasteiger partial charge in [0.2, 0.25) is 0 Å². The molecule has 0 radical (unpaired) electrons. The summed E-state index contributed by atoms with van der Waals surface area (Å²) < 4.78 is 41.6. The minimum absolute atomic E-state index is 0.0689. The van der Waals surface area contributed by atoms with Crippen molar-refractivity contribution < 1.29 is 22.7 Å². The quantitative estimate of drug-likeness (QED) is 0.728. The number of alkyl halides is 3. The molecule has 1 unspecified atom stereocenters. The van der Waals surface area contributed by atoms with Gasteiger partial charge < -0.3 is 4.74 Å². The maximum absolute atomic E-state index is 12.4. The van der Waals surface area contributed by atoms with Crippen LogP contribution < -0.4 is 0 Å². The molecule has 1 aromatic rings. The van der Waals surface area contributed by atoms with Crippen LogP contribution in [0.5, 0.6) is 0 Å². The Kier molecular flexibility index (Phi) is 3.23. The summed E-state index contributed by atoms with van der Waals surface area (Å²) in [5, 5.41) is 0. The topological polar surface area (TPSA) is 52.1 Å². The second kappa shape index (κ2) is 4.24. The Bertz CT molecular complexity index is 354. The molecule has 82 valence electrons. The lowest BCUT2D eigenvalue weighted by Gasteiger charge is -2.14. The Morgan fingerprint density at radius 3 is 2.53 bits per heavy atom. The fourth-order valence-electron chi connectivity index (χ4n) is 1.01. The van der Waals surface area contributed by atoms with E-state index in [9.17, 15) is 18.0 Å². The van der Waals surface area contributed by atoms with Crippen LogP contribution in [0.4, 0.5) is 13.2 Å². The summed E-state index contributed by atoms with van der Waals surface area (Å²) in [5.74, 6) is 0. The molecule has 0 fully saturated rings. The van der Waals surface area contributed by atoms with E-state index in [1.54, 1.807) is 0 Å². The van der Waals surface area contributed by atoms with E-state index < -0.39 is 23.7 Å². The average molecular weight is 220 g/mol. The van der Waals surface area contributed by atoms with E-state index in [2.05, 4.69) is 14.7 Å². The van der Waals surface area contributed by atoms with Crippen molar-refractivity contribution in [2.45, 2.75) is 19.2 Å². The van der Waals surface area contributed by atoms with Crippen LogP contribution in [-0.4, -0.2) is 16.4 Å². The molecule has 1 aromatic heterocycles. The number of hydrogen-bond donors (Lipinski definition) is 0. The minimum atomic E-state index is -4.61. The van der Waals surface area contributed by atoms with E-state index >= 15 is 0 Å². The molecular weight excluding hydrogens is 213 g/mol. The highest BCUT2D eigenvalue weighted by Gasteiger charge is 2.37. The van der Waals surface area contributed by atoms with E-state index in [1.165, 1.54) is 6.92 Å². The standard InChI is InChI=1S/C8H7F3N2O2/c1-5(15-4-14)6-7(8(9,10)11)13-3-2-12-6/h2-5H,1H3. The number of carbonyl (C=O) groups is 1. The van der Waals surface area contributed by atoms with Gasteiger partial charge >= 0.3 is 6.18 Å². The third kappa shape index (κ3) is 2.64. The Balaban J connectivity index is 3.12. The van der Waals surface area contributed by atoms with Gasteiger partial charge in [-0.1, -0.05) is 0 Å². The molecule has 1 atom stereocenters. The van der Waals surface area contributed by atoms with Gasteiger partial charge in [-0.25, -0.2) is 4.98 Å². The summed E-state index contributed by atoms with van der Waals surface area (Å²) in [7, 11) is 0. The van der Waals surface area contributed by atoms with E-state index in [1.807, 2.05) is 0 Å². The smallest absolute Gasteiger partial charge is 0.435 e. The first-order chi connectivity index (χ1) is 6.96.